The Bertz CT molecular complexity index is 857. The van der Waals surface area contributed by atoms with E-state index in [9.17, 15) is 10.2 Å². The molecule has 3 heteroatoms. The predicted molar refractivity (Wildman–Crippen MR) is 106 cm³/mol. The number of hydrogen-bond acceptors (Lipinski definition) is 3. The Kier molecular flexibility index (Phi) is 5.12. The topological polar surface area (TPSA) is 43.7 Å². The smallest absolute Gasteiger partial charge is 0.140 e. The maximum absolute atomic E-state index is 12.0. The van der Waals surface area contributed by atoms with Crippen LogP contribution in [-0.4, -0.2) is 24.3 Å². The molecule has 0 spiro atoms. The first kappa shape index (κ1) is 18.2. The second-order valence-corrected chi connectivity index (χ2v) is 6.78. The minimum atomic E-state index is -1.35. The van der Waals surface area contributed by atoms with Crippen LogP contribution in [0, 0.1) is 0 Å². The number of aliphatic hydroxyl groups is 2. The highest BCUT2D eigenvalue weighted by Gasteiger charge is 2.36. The van der Waals surface area contributed by atoms with E-state index in [4.69, 9.17) is 0 Å². The van der Waals surface area contributed by atoms with Crippen molar-refractivity contribution in [1.82, 2.24) is 0 Å². The van der Waals surface area contributed by atoms with E-state index in [-0.39, 0.29) is 0 Å². The van der Waals surface area contributed by atoms with E-state index in [1.807, 2.05) is 97.9 Å². The van der Waals surface area contributed by atoms with Gasteiger partial charge in [-0.1, -0.05) is 66.7 Å². The molecule has 2 N–H and O–H groups in total. The van der Waals surface area contributed by atoms with Gasteiger partial charge in [-0.3, -0.25) is 0 Å². The van der Waals surface area contributed by atoms with Gasteiger partial charge in [0.2, 0.25) is 0 Å². The van der Waals surface area contributed by atoms with Crippen molar-refractivity contribution in [3.8, 4) is 0 Å². The summed E-state index contributed by atoms with van der Waals surface area (Å²) in [5.74, 6) is 0. The maximum Gasteiger partial charge on any atom is 0.140 e. The third-order valence-electron chi connectivity index (χ3n) is 4.79. The van der Waals surface area contributed by atoms with Crippen molar-refractivity contribution in [3.63, 3.8) is 0 Å². The number of rotatable bonds is 5. The predicted octanol–water partition coefficient (Wildman–Crippen LogP) is 4.09. The zero-order valence-electron chi connectivity index (χ0n) is 15.4. The Morgan fingerprint density at radius 3 is 1.88 bits per heavy atom. The van der Waals surface area contributed by atoms with E-state index in [2.05, 4.69) is 0 Å². The van der Waals surface area contributed by atoms with Crippen LogP contribution in [0.3, 0.4) is 0 Å². The monoisotopic (exact) mass is 347 g/mol. The van der Waals surface area contributed by atoms with Crippen molar-refractivity contribution < 1.29 is 10.2 Å². The van der Waals surface area contributed by atoms with Crippen LogP contribution in [0.2, 0.25) is 0 Å². The molecule has 2 unspecified atom stereocenters. The summed E-state index contributed by atoms with van der Waals surface area (Å²) in [6, 6.07) is 25.0. The van der Waals surface area contributed by atoms with Crippen molar-refractivity contribution >= 4 is 5.69 Å². The van der Waals surface area contributed by atoms with E-state index in [1.54, 1.807) is 6.92 Å². The van der Waals surface area contributed by atoms with Gasteiger partial charge in [0.25, 0.3) is 0 Å². The van der Waals surface area contributed by atoms with Gasteiger partial charge in [-0.15, -0.1) is 0 Å². The second kappa shape index (κ2) is 7.32. The Hall–Kier alpha value is -2.62. The maximum atomic E-state index is 12.0. The van der Waals surface area contributed by atoms with Crippen molar-refractivity contribution in [2.75, 3.05) is 19.0 Å². The summed E-state index contributed by atoms with van der Waals surface area (Å²) >= 11 is 0. The van der Waals surface area contributed by atoms with Gasteiger partial charge < -0.3 is 15.1 Å². The van der Waals surface area contributed by atoms with Crippen molar-refractivity contribution in [1.29, 1.82) is 0 Å². The first-order valence-electron chi connectivity index (χ1n) is 8.78. The molecule has 2 atom stereocenters. The Labute approximate surface area is 155 Å². The molecular formula is C23H25NO2. The van der Waals surface area contributed by atoms with Gasteiger partial charge in [-0.05, 0) is 41.3 Å². The molecule has 0 saturated heterocycles. The van der Waals surface area contributed by atoms with E-state index in [0.29, 0.717) is 5.56 Å². The molecule has 134 valence electrons. The van der Waals surface area contributed by atoms with Gasteiger partial charge in [-0.25, -0.2) is 0 Å². The normalized spacial score (nSPS) is 14.5. The Morgan fingerprint density at radius 1 is 0.769 bits per heavy atom. The number of hydrogen-bond donors (Lipinski definition) is 2. The van der Waals surface area contributed by atoms with Crippen LogP contribution in [0.4, 0.5) is 5.69 Å². The summed E-state index contributed by atoms with van der Waals surface area (Å²) in [5.41, 5.74) is 2.66. The molecule has 0 aromatic heterocycles. The van der Waals surface area contributed by atoms with Gasteiger partial charge in [-0.2, -0.15) is 0 Å². The van der Waals surface area contributed by atoms with Crippen LogP contribution < -0.4 is 4.90 Å². The molecule has 0 aliphatic carbocycles. The highest BCUT2D eigenvalue weighted by atomic mass is 16.3. The zero-order chi connectivity index (χ0) is 18.7. The average molecular weight is 347 g/mol. The lowest BCUT2D eigenvalue weighted by Crippen LogP contribution is -2.30. The lowest BCUT2D eigenvalue weighted by molar-refractivity contribution is 0.118. The van der Waals surface area contributed by atoms with Crippen LogP contribution in [0.25, 0.3) is 0 Å². The fourth-order valence-electron chi connectivity index (χ4n) is 3.35. The number of benzene rings is 3. The lowest BCUT2D eigenvalue weighted by atomic mass is 9.77. The van der Waals surface area contributed by atoms with Crippen molar-refractivity contribution in [2.24, 2.45) is 0 Å². The summed E-state index contributed by atoms with van der Waals surface area (Å²) in [6.45, 7) is 1.72. The quantitative estimate of drug-likeness (QED) is 0.683. The minimum absolute atomic E-state index is 0.678. The minimum Gasteiger partial charge on any atom is -0.389 e. The van der Waals surface area contributed by atoms with E-state index < -0.39 is 11.7 Å². The number of nitrogens with zero attached hydrogens (tertiary/aromatic N) is 1. The number of aliphatic hydroxyl groups excluding tert-OH is 1. The van der Waals surface area contributed by atoms with E-state index in [0.717, 1.165) is 22.4 Å². The molecule has 3 aromatic rings. The van der Waals surface area contributed by atoms with Crippen LogP contribution in [-0.2, 0) is 5.60 Å². The van der Waals surface area contributed by atoms with E-state index in [1.165, 1.54) is 0 Å². The zero-order valence-corrected chi connectivity index (χ0v) is 15.4. The molecule has 3 aromatic carbocycles. The molecule has 0 aliphatic rings. The molecule has 0 saturated carbocycles. The largest absolute Gasteiger partial charge is 0.389 e. The Balaban J connectivity index is 2.25. The van der Waals surface area contributed by atoms with E-state index >= 15 is 0 Å². The number of anilines is 1. The lowest BCUT2D eigenvalue weighted by Gasteiger charge is -2.33. The molecule has 0 bridgehead atoms. The average Bonchev–Trinajstić information content (AvgIpc) is 2.68. The standard InChI is InChI=1S/C23H25NO2/c1-17(25)21-11-7-8-12-22(21)23(26,18-9-5-4-6-10-18)19-13-15-20(16-14-19)24(2)3/h4-17,25-26H,1-3H3. The molecule has 0 fully saturated rings. The SMILES string of the molecule is CC(O)c1ccccc1C(O)(c1ccccc1)c1ccc(N(C)C)cc1. The third-order valence-corrected chi connectivity index (χ3v) is 4.79. The van der Waals surface area contributed by atoms with Gasteiger partial charge in [0.05, 0.1) is 6.10 Å². The first-order chi connectivity index (χ1) is 12.4. The van der Waals surface area contributed by atoms with Crippen molar-refractivity contribution in [2.45, 2.75) is 18.6 Å². The van der Waals surface area contributed by atoms with Gasteiger partial charge in [0.1, 0.15) is 5.60 Å². The van der Waals surface area contributed by atoms with Crippen LogP contribution in [0.1, 0.15) is 35.3 Å². The fraction of sp³-hybridized carbons (Fsp3) is 0.217. The van der Waals surface area contributed by atoms with Crippen LogP contribution in [0.15, 0.2) is 78.9 Å². The molecule has 0 heterocycles. The Morgan fingerprint density at radius 2 is 1.31 bits per heavy atom. The molecular weight excluding hydrogens is 322 g/mol. The molecule has 0 amide bonds. The van der Waals surface area contributed by atoms with Crippen LogP contribution >= 0.6 is 0 Å². The fourth-order valence-corrected chi connectivity index (χ4v) is 3.35. The van der Waals surface area contributed by atoms with Gasteiger partial charge in [0, 0.05) is 19.8 Å². The molecule has 0 radical (unpaired) electrons. The summed E-state index contributed by atoms with van der Waals surface area (Å²) in [4.78, 5) is 2.02. The van der Waals surface area contributed by atoms with Gasteiger partial charge >= 0.3 is 0 Å². The van der Waals surface area contributed by atoms with Crippen LogP contribution in [0.5, 0.6) is 0 Å². The molecule has 3 rings (SSSR count). The molecule has 0 aliphatic heterocycles. The summed E-state index contributed by atoms with van der Waals surface area (Å²) in [5, 5.41) is 22.2. The van der Waals surface area contributed by atoms with Crippen molar-refractivity contribution in [3.05, 3.63) is 101 Å². The second-order valence-electron chi connectivity index (χ2n) is 6.78. The third kappa shape index (κ3) is 3.24. The highest BCUT2D eigenvalue weighted by Crippen LogP contribution is 2.40. The summed E-state index contributed by atoms with van der Waals surface area (Å²) in [7, 11) is 3.97. The molecule has 3 nitrogen and oxygen atoms in total. The summed E-state index contributed by atoms with van der Waals surface area (Å²) < 4.78 is 0. The summed E-state index contributed by atoms with van der Waals surface area (Å²) in [6.07, 6.45) is -0.678. The van der Waals surface area contributed by atoms with Gasteiger partial charge in [0.15, 0.2) is 0 Å². The first-order valence-corrected chi connectivity index (χ1v) is 8.78. The highest BCUT2D eigenvalue weighted by molar-refractivity contribution is 5.54. The molecule has 26 heavy (non-hydrogen) atoms.